The molecule has 0 aliphatic carbocycles. The van der Waals surface area contributed by atoms with Gasteiger partial charge in [0.05, 0.1) is 30.9 Å². The molecule has 0 spiro atoms. The number of rotatable bonds is 16. The molecule has 1 saturated heterocycles. The number of ether oxygens (including phenoxy) is 3. The second-order valence-electron chi connectivity index (χ2n) is 15.0. The molecular formula is C39H58N4O8. The van der Waals surface area contributed by atoms with Crippen LogP contribution in [-0.2, 0) is 9.47 Å². The van der Waals surface area contributed by atoms with E-state index in [0.717, 1.165) is 44.3 Å². The molecule has 1 aliphatic heterocycles. The third-order valence-electron chi connectivity index (χ3n) is 7.98. The predicted octanol–water partition coefficient (Wildman–Crippen LogP) is 8.59. The summed E-state index contributed by atoms with van der Waals surface area (Å²) in [5.74, 6) is 0.309. The molecule has 0 aromatic heterocycles. The Labute approximate surface area is 303 Å². The zero-order valence-corrected chi connectivity index (χ0v) is 31.5. The quantitative estimate of drug-likeness (QED) is 0.147. The first-order valence-electron chi connectivity index (χ1n) is 18.2. The highest BCUT2D eigenvalue weighted by molar-refractivity contribution is 6.04. The Bertz CT molecular complexity index is 1420. The number of guanidine groups is 1. The van der Waals surface area contributed by atoms with Gasteiger partial charge < -0.3 is 29.7 Å². The number of aryl methyl sites for hydroxylation is 1. The number of phenolic OH excluding ortho intramolecular Hbond substituents is 2. The van der Waals surface area contributed by atoms with Crippen LogP contribution in [-0.4, -0.2) is 81.5 Å². The number of aliphatic imine (C=N–C) groups is 1. The maximum absolute atomic E-state index is 12.9. The van der Waals surface area contributed by atoms with Crippen molar-refractivity contribution in [1.82, 2.24) is 15.1 Å². The lowest BCUT2D eigenvalue weighted by molar-refractivity contribution is 0.0374. The standard InChI is InChI=1S/C39H58N4O8/c1-28-26-30(44)27-32(45)33(28)34(46)40-22-16-14-12-10-8-9-11-13-15-17-25-49-31-20-18-29(19-21-31)41-35-42(36(47)50-38(2,3)4)23-24-43(35)37(48)51-39(5,6)7/h18-21,26-27,44-45H,8-17,22-25H2,1-7H3,(H,40,46). The number of phenols is 2. The number of hydrogen-bond acceptors (Lipinski definition) is 9. The van der Waals surface area contributed by atoms with Gasteiger partial charge in [0.15, 0.2) is 0 Å². The van der Waals surface area contributed by atoms with Gasteiger partial charge in [-0.1, -0.05) is 51.4 Å². The molecule has 3 rings (SSSR count). The van der Waals surface area contributed by atoms with Crippen molar-refractivity contribution in [2.24, 2.45) is 4.99 Å². The van der Waals surface area contributed by atoms with Gasteiger partial charge in [0.1, 0.15) is 28.5 Å². The van der Waals surface area contributed by atoms with Crippen molar-refractivity contribution in [2.45, 2.75) is 124 Å². The average Bonchev–Trinajstić information content (AvgIpc) is 3.43. The van der Waals surface area contributed by atoms with Crippen molar-refractivity contribution >= 4 is 29.7 Å². The molecule has 0 radical (unpaired) electrons. The first kappa shape index (κ1) is 40.9. The molecule has 1 heterocycles. The summed E-state index contributed by atoms with van der Waals surface area (Å²) < 4.78 is 17.1. The minimum absolute atomic E-state index is 0.0600. The molecule has 0 saturated carbocycles. The number of nitrogens with one attached hydrogen (secondary N) is 1. The maximum Gasteiger partial charge on any atom is 0.417 e. The Hall–Kier alpha value is -4.48. The van der Waals surface area contributed by atoms with Gasteiger partial charge in [0.2, 0.25) is 5.96 Å². The molecule has 282 valence electrons. The largest absolute Gasteiger partial charge is 0.508 e. The molecule has 3 amide bonds. The lowest BCUT2D eigenvalue weighted by Gasteiger charge is -2.27. The van der Waals surface area contributed by atoms with E-state index in [1.165, 1.54) is 47.6 Å². The number of unbranched alkanes of at least 4 members (excludes halogenated alkanes) is 9. The van der Waals surface area contributed by atoms with Crippen LogP contribution >= 0.6 is 0 Å². The van der Waals surface area contributed by atoms with Gasteiger partial charge in [0.25, 0.3) is 5.91 Å². The van der Waals surface area contributed by atoms with Crippen LogP contribution in [0.15, 0.2) is 41.4 Å². The fourth-order valence-corrected chi connectivity index (χ4v) is 5.55. The molecule has 1 aliphatic rings. The fourth-order valence-electron chi connectivity index (χ4n) is 5.55. The highest BCUT2D eigenvalue weighted by Crippen LogP contribution is 2.27. The van der Waals surface area contributed by atoms with Gasteiger partial charge in [-0.05, 0) is 97.2 Å². The molecule has 2 aromatic rings. The topological polar surface area (TPSA) is 150 Å². The Morgan fingerprint density at radius 1 is 0.745 bits per heavy atom. The second-order valence-corrected chi connectivity index (χ2v) is 15.0. The van der Waals surface area contributed by atoms with Crippen molar-refractivity contribution in [1.29, 1.82) is 0 Å². The van der Waals surface area contributed by atoms with Gasteiger partial charge in [-0.2, -0.15) is 0 Å². The van der Waals surface area contributed by atoms with E-state index in [4.69, 9.17) is 14.2 Å². The Morgan fingerprint density at radius 3 is 1.73 bits per heavy atom. The lowest BCUT2D eigenvalue weighted by atomic mass is 10.1. The monoisotopic (exact) mass is 710 g/mol. The van der Waals surface area contributed by atoms with E-state index in [-0.39, 0.29) is 42.0 Å². The number of hydrogen-bond donors (Lipinski definition) is 3. The van der Waals surface area contributed by atoms with E-state index in [0.29, 0.717) is 24.4 Å². The van der Waals surface area contributed by atoms with Crippen LogP contribution in [0, 0.1) is 6.92 Å². The van der Waals surface area contributed by atoms with Crippen LogP contribution in [0.25, 0.3) is 0 Å². The Balaban J connectivity index is 1.31. The molecule has 3 N–H and O–H groups in total. The number of carbonyl (C=O) groups excluding carboxylic acids is 3. The van der Waals surface area contributed by atoms with Crippen molar-refractivity contribution in [2.75, 3.05) is 26.2 Å². The summed E-state index contributed by atoms with van der Waals surface area (Å²) in [4.78, 5) is 45.6. The molecule has 12 nitrogen and oxygen atoms in total. The Morgan fingerprint density at radius 2 is 1.24 bits per heavy atom. The number of benzene rings is 2. The van der Waals surface area contributed by atoms with E-state index in [2.05, 4.69) is 10.3 Å². The number of amides is 3. The molecule has 51 heavy (non-hydrogen) atoms. The molecule has 0 bridgehead atoms. The van der Waals surface area contributed by atoms with Gasteiger partial charge in [-0.25, -0.2) is 24.4 Å². The van der Waals surface area contributed by atoms with Crippen LogP contribution in [0.3, 0.4) is 0 Å². The van der Waals surface area contributed by atoms with Gasteiger partial charge in [0, 0.05) is 12.6 Å². The summed E-state index contributed by atoms with van der Waals surface area (Å²) in [6, 6.07) is 9.90. The molecule has 0 unspecified atom stereocenters. The van der Waals surface area contributed by atoms with E-state index in [1.54, 1.807) is 60.6 Å². The lowest BCUT2D eigenvalue weighted by Crippen LogP contribution is -2.44. The summed E-state index contributed by atoms with van der Waals surface area (Å²) in [6.07, 6.45) is 9.91. The second kappa shape index (κ2) is 19.2. The smallest absolute Gasteiger partial charge is 0.417 e. The van der Waals surface area contributed by atoms with Crippen molar-refractivity contribution < 1.29 is 38.8 Å². The highest BCUT2D eigenvalue weighted by Gasteiger charge is 2.39. The Kier molecular flexibility index (Phi) is 15.4. The summed E-state index contributed by atoms with van der Waals surface area (Å²) in [5.41, 5.74) is -0.0767. The number of aromatic hydroxyl groups is 2. The van der Waals surface area contributed by atoms with Crippen LogP contribution < -0.4 is 10.1 Å². The van der Waals surface area contributed by atoms with E-state index in [9.17, 15) is 24.6 Å². The molecule has 12 heteroatoms. The SMILES string of the molecule is Cc1cc(O)cc(O)c1C(=O)NCCCCCCCCCCCCOc1ccc(N=C2N(C(=O)OC(C)(C)C)CCN2C(=O)OC(C)(C)C)cc1. The minimum atomic E-state index is -0.699. The van der Waals surface area contributed by atoms with Gasteiger partial charge in [-0.15, -0.1) is 0 Å². The maximum atomic E-state index is 12.9. The van der Waals surface area contributed by atoms with Crippen LogP contribution in [0.2, 0.25) is 0 Å². The third kappa shape index (κ3) is 14.3. The van der Waals surface area contributed by atoms with Crippen LogP contribution in [0.4, 0.5) is 15.3 Å². The minimum Gasteiger partial charge on any atom is -0.508 e. The first-order chi connectivity index (χ1) is 24.0. The number of carbonyl (C=O) groups is 3. The summed E-state index contributed by atoms with van der Waals surface area (Å²) in [7, 11) is 0. The predicted molar refractivity (Wildman–Crippen MR) is 198 cm³/mol. The third-order valence-corrected chi connectivity index (χ3v) is 7.98. The normalized spacial score (nSPS) is 13.3. The molecule has 2 aromatic carbocycles. The fraction of sp³-hybridized carbons (Fsp3) is 0.590. The van der Waals surface area contributed by atoms with Crippen LogP contribution in [0.5, 0.6) is 17.2 Å². The summed E-state index contributed by atoms with van der Waals surface area (Å²) in [5, 5.41) is 22.3. The van der Waals surface area contributed by atoms with Crippen molar-refractivity contribution in [3.63, 3.8) is 0 Å². The van der Waals surface area contributed by atoms with E-state index < -0.39 is 23.4 Å². The summed E-state index contributed by atoms with van der Waals surface area (Å²) >= 11 is 0. The van der Waals surface area contributed by atoms with E-state index >= 15 is 0 Å². The average molecular weight is 711 g/mol. The van der Waals surface area contributed by atoms with Crippen LogP contribution in [0.1, 0.15) is 122 Å². The molecular weight excluding hydrogens is 652 g/mol. The van der Waals surface area contributed by atoms with Gasteiger partial charge in [-0.3, -0.25) is 4.79 Å². The zero-order chi connectivity index (χ0) is 37.6. The molecule has 0 atom stereocenters. The molecule has 1 fully saturated rings. The van der Waals surface area contributed by atoms with Gasteiger partial charge >= 0.3 is 12.2 Å². The zero-order valence-electron chi connectivity index (χ0n) is 31.5. The number of nitrogens with zero attached hydrogens (tertiary/aromatic N) is 3. The summed E-state index contributed by atoms with van der Waals surface area (Å²) in [6.45, 7) is 14.1. The van der Waals surface area contributed by atoms with E-state index in [1.807, 2.05) is 12.1 Å². The first-order valence-corrected chi connectivity index (χ1v) is 18.2. The highest BCUT2D eigenvalue weighted by atomic mass is 16.6. The van der Waals surface area contributed by atoms with Crippen molar-refractivity contribution in [3.05, 3.63) is 47.5 Å². The van der Waals surface area contributed by atoms with Crippen molar-refractivity contribution in [3.8, 4) is 17.2 Å².